The van der Waals surface area contributed by atoms with Gasteiger partial charge < -0.3 is 20.5 Å². The molecule has 0 aliphatic carbocycles. The van der Waals surface area contributed by atoms with Crippen LogP contribution in [0.5, 0.6) is 5.75 Å². The number of para-hydroxylation sites is 2. The number of thiophene rings is 1. The predicted molar refractivity (Wildman–Crippen MR) is 81.6 cm³/mol. The third-order valence-electron chi connectivity index (χ3n) is 3.32. The van der Waals surface area contributed by atoms with E-state index in [0.29, 0.717) is 12.3 Å². The zero-order chi connectivity index (χ0) is 14.7. The molecule has 6 heteroatoms. The average Bonchev–Trinajstić information content (AvgIpc) is 3.06. The first-order valence-electron chi connectivity index (χ1n) is 6.71. The van der Waals surface area contributed by atoms with Gasteiger partial charge in [0.2, 0.25) is 0 Å². The van der Waals surface area contributed by atoms with E-state index in [0.717, 1.165) is 11.3 Å². The second-order valence-electron chi connectivity index (χ2n) is 4.80. The molecule has 1 aromatic heterocycles. The summed E-state index contributed by atoms with van der Waals surface area (Å²) in [5, 5.41) is 19.6. The third-order valence-corrected chi connectivity index (χ3v) is 4.03. The summed E-state index contributed by atoms with van der Waals surface area (Å²) in [5.41, 5.74) is 1.70. The van der Waals surface area contributed by atoms with E-state index in [1.165, 1.54) is 11.3 Å². The SMILES string of the molecule is O=C(NCC(O)c1ccsc1)C1CNc2ccccc2O1. The number of rotatable bonds is 4. The molecule has 2 heterocycles. The summed E-state index contributed by atoms with van der Waals surface area (Å²) >= 11 is 1.52. The van der Waals surface area contributed by atoms with Crippen LogP contribution in [-0.2, 0) is 4.79 Å². The molecular weight excluding hydrogens is 288 g/mol. The standard InChI is InChI=1S/C15H16N2O3S/c18-12(10-5-6-21-9-10)7-17-15(19)14-8-16-11-3-1-2-4-13(11)20-14/h1-6,9,12,14,16,18H,7-8H2,(H,17,19). The Balaban J connectivity index is 1.55. The van der Waals surface area contributed by atoms with Crippen molar-refractivity contribution in [3.05, 3.63) is 46.7 Å². The molecule has 1 aromatic carbocycles. The molecule has 1 aliphatic rings. The maximum Gasteiger partial charge on any atom is 0.263 e. The lowest BCUT2D eigenvalue weighted by Gasteiger charge is -2.26. The highest BCUT2D eigenvalue weighted by molar-refractivity contribution is 7.07. The van der Waals surface area contributed by atoms with E-state index >= 15 is 0 Å². The van der Waals surface area contributed by atoms with Crippen molar-refractivity contribution in [1.82, 2.24) is 5.32 Å². The molecule has 0 spiro atoms. The molecule has 2 aromatic rings. The van der Waals surface area contributed by atoms with Gasteiger partial charge in [-0.25, -0.2) is 0 Å². The number of carbonyl (C=O) groups is 1. The fourth-order valence-electron chi connectivity index (χ4n) is 2.15. The van der Waals surface area contributed by atoms with Crippen LogP contribution in [0.3, 0.4) is 0 Å². The Morgan fingerprint density at radius 2 is 2.33 bits per heavy atom. The summed E-state index contributed by atoms with van der Waals surface area (Å²) in [6.07, 6.45) is -1.28. The summed E-state index contributed by atoms with van der Waals surface area (Å²) in [7, 11) is 0. The summed E-state index contributed by atoms with van der Waals surface area (Å²) in [5.74, 6) is 0.438. The predicted octanol–water partition coefficient (Wildman–Crippen LogP) is 1.77. The first kappa shape index (κ1) is 13.9. The van der Waals surface area contributed by atoms with Crippen LogP contribution in [-0.4, -0.2) is 30.2 Å². The largest absolute Gasteiger partial charge is 0.477 e. The van der Waals surface area contributed by atoms with Gasteiger partial charge in [-0.3, -0.25) is 4.79 Å². The molecule has 0 radical (unpaired) electrons. The van der Waals surface area contributed by atoms with E-state index in [1.54, 1.807) is 0 Å². The molecule has 2 atom stereocenters. The number of amides is 1. The van der Waals surface area contributed by atoms with E-state index in [1.807, 2.05) is 41.1 Å². The average molecular weight is 304 g/mol. The Kier molecular flexibility index (Phi) is 4.08. The zero-order valence-corrected chi connectivity index (χ0v) is 12.1. The number of fused-ring (bicyclic) bond motifs is 1. The van der Waals surface area contributed by atoms with Gasteiger partial charge in [-0.15, -0.1) is 0 Å². The molecule has 0 fully saturated rings. The van der Waals surface area contributed by atoms with E-state index < -0.39 is 12.2 Å². The van der Waals surface area contributed by atoms with Crippen molar-refractivity contribution in [2.75, 3.05) is 18.4 Å². The van der Waals surface area contributed by atoms with Gasteiger partial charge in [0, 0.05) is 6.54 Å². The van der Waals surface area contributed by atoms with Crippen molar-refractivity contribution in [2.45, 2.75) is 12.2 Å². The van der Waals surface area contributed by atoms with Crippen molar-refractivity contribution in [1.29, 1.82) is 0 Å². The Morgan fingerprint density at radius 3 is 3.14 bits per heavy atom. The smallest absolute Gasteiger partial charge is 0.263 e. The Labute approximate surface area is 126 Å². The van der Waals surface area contributed by atoms with E-state index in [4.69, 9.17) is 4.74 Å². The monoisotopic (exact) mass is 304 g/mol. The number of aliphatic hydroxyl groups is 1. The molecule has 5 nitrogen and oxygen atoms in total. The fourth-order valence-corrected chi connectivity index (χ4v) is 2.86. The van der Waals surface area contributed by atoms with E-state index in [-0.39, 0.29) is 12.5 Å². The lowest BCUT2D eigenvalue weighted by atomic mass is 10.2. The molecule has 0 saturated heterocycles. The van der Waals surface area contributed by atoms with Crippen LogP contribution < -0.4 is 15.4 Å². The van der Waals surface area contributed by atoms with Gasteiger partial charge in [0.15, 0.2) is 6.10 Å². The van der Waals surface area contributed by atoms with E-state index in [2.05, 4.69) is 10.6 Å². The van der Waals surface area contributed by atoms with Crippen molar-refractivity contribution in [2.24, 2.45) is 0 Å². The van der Waals surface area contributed by atoms with Crippen LogP contribution >= 0.6 is 11.3 Å². The second-order valence-corrected chi connectivity index (χ2v) is 5.58. The van der Waals surface area contributed by atoms with Gasteiger partial charge in [-0.1, -0.05) is 12.1 Å². The molecule has 2 unspecified atom stereocenters. The van der Waals surface area contributed by atoms with Crippen molar-refractivity contribution >= 4 is 22.9 Å². The molecule has 1 amide bonds. The number of benzene rings is 1. The number of nitrogens with one attached hydrogen (secondary N) is 2. The number of carbonyl (C=O) groups excluding carboxylic acids is 1. The zero-order valence-electron chi connectivity index (χ0n) is 11.3. The van der Waals surface area contributed by atoms with Gasteiger partial charge >= 0.3 is 0 Å². The Hall–Kier alpha value is -2.05. The quantitative estimate of drug-likeness (QED) is 0.805. The van der Waals surface area contributed by atoms with Crippen LogP contribution in [0.15, 0.2) is 41.1 Å². The number of hydrogen-bond donors (Lipinski definition) is 3. The number of aliphatic hydroxyl groups excluding tert-OH is 1. The van der Waals surface area contributed by atoms with Gasteiger partial charge in [0.25, 0.3) is 5.91 Å². The minimum Gasteiger partial charge on any atom is -0.477 e. The Morgan fingerprint density at radius 1 is 1.48 bits per heavy atom. The fraction of sp³-hybridized carbons (Fsp3) is 0.267. The minimum atomic E-state index is -0.691. The molecule has 3 N–H and O–H groups in total. The molecule has 3 rings (SSSR count). The highest BCUT2D eigenvalue weighted by Gasteiger charge is 2.25. The van der Waals surface area contributed by atoms with Crippen molar-refractivity contribution in [3.63, 3.8) is 0 Å². The van der Waals surface area contributed by atoms with Gasteiger partial charge in [-0.05, 0) is 34.5 Å². The molecule has 1 aliphatic heterocycles. The maximum absolute atomic E-state index is 12.1. The molecule has 0 saturated carbocycles. The lowest BCUT2D eigenvalue weighted by Crippen LogP contribution is -2.45. The summed E-state index contributed by atoms with van der Waals surface area (Å²) in [6, 6.07) is 9.34. The third kappa shape index (κ3) is 3.17. The van der Waals surface area contributed by atoms with Gasteiger partial charge in [0.05, 0.1) is 18.3 Å². The normalized spacial score (nSPS) is 18.0. The van der Waals surface area contributed by atoms with Crippen molar-refractivity contribution < 1.29 is 14.6 Å². The van der Waals surface area contributed by atoms with Crippen LogP contribution in [0.4, 0.5) is 5.69 Å². The number of anilines is 1. The summed E-state index contributed by atoms with van der Waals surface area (Å²) < 4.78 is 5.66. The maximum atomic E-state index is 12.1. The highest BCUT2D eigenvalue weighted by Crippen LogP contribution is 2.28. The molecular formula is C15H16N2O3S. The molecule has 21 heavy (non-hydrogen) atoms. The van der Waals surface area contributed by atoms with Crippen LogP contribution in [0.2, 0.25) is 0 Å². The van der Waals surface area contributed by atoms with Gasteiger partial charge in [-0.2, -0.15) is 11.3 Å². The first-order valence-corrected chi connectivity index (χ1v) is 7.66. The number of ether oxygens (including phenoxy) is 1. The topological polar surface area (TPSA) is 70.6 Å². The van der Waals surface area contributed by atoms with Crippen LogP contribution in [0.1, 0.15) is 11.7 Å². The molecule has 110 valence electrons. The Bertz CT molecular complexity index is 615. The minimum absolute atomic E-state index is 0.178. The summed E-state index contributed by atoms with van der Waals surface area (Å²) in [6.45, 7) is 0.592. The lowest BCUT2D eigenvalue weighted by molar-refractivity contribution is -0.128. The second kappa shape index (κ2) is 6.15. The van der Waals surface area contributed by atoms with E-state index in [9.17, 15) is 9.90 Å². The summed E-state index contributed by atoms with van der Waals surface area (Å²) in [4.78, 5) is 12.1. The van der Waals surface area contributed by atoms with Crippen LogP contribution in [0.25, 0.3) is 0 Å². The highest BCUT2D eigenvalue weighted by atomic mass is 32.1. The van der Waals surface area contributed by atoms with Crippen molar-refractivity contribution in [3.8, 4) is 5.75 Å². The van der Waals surface area contributed by atoms with Crippen LogP contribution in [0, 0.1) is 0 Å². The van der Waals surface area contributed by atoms with Gasteiger partial charge in [0.1, 0.15) is 5.75 Å². The number of hydrogen-bond acceptors (Lipinski definition) is 5. The molecule has 0 bridgehead atoms. The first-order chi connectivity index (χ1) is 10.2.